The van der Waals surface area contributed by atoms with E-state index in [-0.39, 0.29) is 5.92 Å². The number of aryl methyl sites for hydroxylation is 1. The Morgan fingerprint density at radius 1 is 1.31 bits per heavy atom. The van der Waals surface area contributed by atoms with Gasteiger partial charge in [0.15, 0.2) is 0 Å². The molecule has 1 aliphatic heterocycles. The summed E-state index contributed by atoms with van der Waals surface area (Å²) in [5.74, 6) is 0.453. The highest BCUT2D eigenvalue weighted by Gasteiger charge is 2.28. The van der Waals surface area contributed by atoms with Gasteiger partial charge in [-0.05, 0) is 30.7 Å². The zero-order valence-electron chi connectivity index (χ0n) is 14.4. The number of rotatable bonds is 5. The van der Waals surface area contributed by atoms with Gasteiger partial charge in [0, 0.05) is 20.1 Å². The van der Waals surface area contributed by atoms with Crippen LogP contribution in [0.3, 0.4) is 0 Å². The Labute approximate surface area is 150 Å². The first-order valence-electron chi connectivity index (χ1n) is 8.45. The maximum Gasteiger partial charge on any atom is 0.335 e. The fraction of sp³-hybridized carbons (Fsp3) is 0.333. The van der Waals surface area contributed by atoms with Crippen molar-refractivity contribution in [2.45, 2.75) is 18.9 Å². The van der Waals surface area contributed by atoms with E-state index in [1.165, 1.54) is 0 Å². The van der Waals surface area contributed by atoms with E-state index in [1.807, 2.05) is 23.7 Å². The maximum atomic E-state index is 10.9. The zero-order valence-corrected chi connectivity index (χ0v) is 14.4. The Morgan fingerprint density at radius 3 is 2.81 bits per heavy atom. The number of carboxylic acids is 1. The smallest absolute Gasteiger partial charge is 0.335 e. The molecule has 3 aromatic rings. The standard InChI is InChI=1S/C18H19N5O3/c1-22-11-19-8-15(22)17-21-20-16(26-17)14-6-7-23(10-14)9-12-2-4-13(5-3-12)18(24)25/h2-5,8,11,14H,6-7,9-10H2,1H3,(H,24,25)/t14-/m0/s1. The highest BCUT2D eigenvalue weighted by molar-refractivity contribution is 5.87. The molecule has 1 atom stereocenters. The molecule has 0 bridgehead atoms. The first-order valence-corrected chi connectivity index (χ1v) is 8.45. The monoisotopic (exact) mass is 353 g/mol. The van der Waals surface area contributed by atoms with Gasteiger partial charge >= 0.3 is 5.97 Å². The second kappa shape index (κ2) is 6.72. The Hall–Kier alpha value is -3.00. The number of aromatic nitrogens is 4. The molecule has 8 heteroatoms. The Kier molecular flexibility index (Phi) is 4.26. The third kappa shape index (κ3) is 3.23. The second-order valence-electron chi connectivity index (χ2n) is 6.56. The van der Waals surface area contributed by atoms with Crippen LogP contribution < -0.4 is 0 Å². The van der Waals surface area contributed by atoms with Gasteiger partial charge in [0.05, 0.1) is 24.0 Å². The van der Waals surface area contributed by atoms with Crippen molar-refractivity contribution >= 4 is 5.97 Å². The number of hydrogen-bond donors (Lipinski definition) is 1. The quantitative estimate of drug-likeness (QED) is 0.750. The van der Waals surface area contributed by atoms with Gasteiger partial charge in [-0.2, -0.15) is 0 Å². The normalized spacial score (nSPS) is 17.7. The number of nitrogens with zero attached hydrogens (tertiary/aromatic N) is 5. The molecule has 26 heavy (non-hydrogen) atoms. The van der Waals surface area contributed by atoms with Crippen molar-refractivity contribution in [2.75, 3.05) is 13.1 Å². The van der Waals surface area contributed by atoms with Crippen LogP contribution in [0, 0.1) is 0 Å². The summed E-state index contributed by atoms with van der Waals surface area (Å²) in [5.41, 5.74) is 2.20. The van der Waals surface area contributed by atoms with Crippen molar-refractivity contribution in [3.63, 3.8) is 0 Å². The van der Waals surface area contributed by atoms with Crippen LogP contribution in [-0.4, -0.2) is 48.8 Å². The summed E-state index contributed by atoms with van der Waals surface area (Å²) in [7, 11) is 1.89. The fourth-order valence-electron chi connectivity index (χ4n) is 3.26. The van der Waals surface area contributed by atoms with Crippen molar-refractivity contribution in [1.82, 2.24) is 24.6 Å². The topological polar surface area (TPSA) is 97.3 Å². The minimum absolute atomic E-state index is 0.211. The van der Waals surface area contributed by atoms with Crippen LogP contribution in [-0.2, 0) is 13.6 Å². The van der Waals surface area contributed by atoms with E-state index in [9.17, 15) is 4.79 Å². The lowest BCUT2D eigenvalue weighted by molar-refractivity contribution is 0.0697. The van der Waals surface area contributed by atoms with Gasteiger partial charge in [0.1, 0.15) is 5.69 Å². The predicted octanol–water partition coefficient (Wildman–Crippen LogP) is 2.16. The molecule has 0 amide bonds. The molecule has 1 saturated heterocycles. The van der Waals surface area contributed by atoms with E-state index >= 15 is 0 Å². The summed E-state index contributed by atoms with van der Waals surface area (Å²) < 4.78 is 7.70. The van der Waals surface area contributed by atoms with Gasteiger partial charge in [-0.15, -0.1) is 10.2 Å². The van der Waals surface area contributed by atoms with Gasteiger partial charge in [0.25, 0.3) is 5.89 Å². The Bertz CT molecular complexity index is 915. The van der Waals surface area contributed by atoms with Gasteiger partial charge in [-0.25, -0.2) is 9.78 Å². The van der Waals surface area contributed by atoms with E-state index in [0.717, 1.165) is 37.3 Å². The van der Waals surface area contributed by atoms with Crippen molar-refractivity contribution in [1.29, 1.82) is 0 Å². The van der Waals surface area contributed by atoms with Crippen molar-refractivity contribution in [3.8, 4) is 11.6 Å². The molecule has 0 spiro atoms. The van der Waals surface area contributed by atoms with Gasteiger partial charge in [-0.1, -0.05) is 12.1 Å². The molecule has 0 unspecified atom stereocenters. The SMILES string of the molecule is Cn1cncc1-c1nnc([C@H]2CCN(Cc3ccc(C(=O)O)cc3)C2)o1. The summed E-state index contributed by atoms with van der Waals surface area (Å²) in [5, 5.41) is 17.3. The summed E-state index contributed by atoms with van der Waals surface area (Å²) in [6, 6.07) is 7.01. The van der Waals surface area contributed by atoms with Crippen LogP contribution >= 0.6 is 0 Å². The summed E-state index contributed by atoms with van der Waals surface area (Å²) in [6.07, 6.45) is 4.37. The lowest BCUT2D eigenvalue weighted by atomic mass is 10.1. The van der Waals surface area contributed by atoms with E-state index in [0.29, 0.717) is 17.3 Å². The van der Waals surface area contributed by atoms with Crippen molar-refractivity contribution in [3.05, 3.63) is 53.8 Å². The number of carboxylic acid groups (broad SMARTS) is 1. The fourth-order valence-corrected chi connectivity index (χ4v) is 3.26. The number of aromatic carboxylic acids is 1. The molecular formula is C18H19N5O3. The van der Waals surface area contributed by atoms with Crippen LogP contribution in [0.2, 0.25) is 0 Å². The van der Waals surface area contributed by atoms with Crippen LogP contribution in [0.5, 0.6) is 0 Å². The molecule has 4 rings (SSSR count). The minimum atomic E-state index is -0.904. The van der Waals surface area contributed by atoms with Crippen LogP contribution in [0.4, 0.5) is 0 Å². The predicted molar refractivity (Wildman–Crippen MR) is 92.5 cm³/mol. The minimum Gasteiger partial charge on any atom is -0.478 e. The van der Waals surface area contributed by atoms with Crippen molar-refractivity contribution in [2.24, 2.45) is 7.05 Å². The third-order valence-corrected chi connectivity index (χ3v) is 4.71. The largest absolute Gasteiger partial charge is 0.478 e. The third-order valence-electron chi connectivity index (χ3n) is 4.71. The molecule has 134 valence electrons. The highest BCUT2D eigenvalue weighted by atomic mass is 16.4. The molecule has 8 nitrogen and oxygen atoms in total. The first kappa shape index (κ1) is 16.5. The summed E-state index contributed by atoms with van der Waals surface area (Å²) in [6.45, 7) is 2.56. The number of hydrogen-bond acceptors (Lipinski definition) is 6. The van der Waals surface area contributed by atoms with Gasteiger partial charge in [0.2, 0.25) is 5.89 Å². The lowest BCUT2D eigenvalue weighted by Crippen LogP contribution is -2.19. The molecule has 1 fully saturated rings. The molecule has 1 N–H and O–H groups in total. The molecule has 0 saturated carbocycles. The highest BCUT2D eigenvalue weighted by Crippen LogP contribution is 2.29. The Morgan fingerprint density at radius 2 is 2.12 bits per heavy atom. The summed E-state index contributed by atoms with van der Waals surface area (Å²) in [4.78, 5) is 17.3. The van der Waals surface area contributed by atoms with E-state index in [4.69, 9.17) is 9.52 Å². The molecule has 3 heterocycles. The molecule has 2 aromatic heterocycles. The first-order chi connectivity index (χ1) is 12.6. The van der Waals surface area contributed by atoms with E-state index < -0.39 is 5.97 Å². The van der Waals surface area contributed by atoms with Crippen molar-refractivity contribution < 1.29 is 14.3 Å². The average Bonchev–Trinajstić information content (AvgIpc) is 3.35. The van der Waals surface area contributed by atoms with Gasteiger partial charge < -0.3 is 14.1 Å². The molecule has 0 aliphatic carbocycles. The molecule has 0 radical (unpaired) electrons. The lowest BCUT2D eigenvalue weighted by Gasteiger charge is -2.15. The van der Waals surface area contributed by atoms with Gasteiger partial charge in [-0.3, -0.25) is 4.90 Å². The Balaban J connectivity index is 1.40. The van der Waals surface area contributed by atoms with E-state index in [2.05, 4.69) is 20.1 Å². The second-order valence-corrected chi connectivity index (χ2v) is 6.56. The number of imidazole rings is 1. The molecule has 1 aliphatic rings. The number of carbonyl (C=O) groups is 1. The van der Waals surface area contributed by atoms with E-state index in [1.54, 1.807) is 24.7 Å². The average molecular weight is 353 g/mol. The zero-order chi connectivity index (χ0) is 18.1. The molecular weight excluding hydrogens is 334 g/mol. The molecule has 1 aromatic carbocycles. The van der Waals surface area contributed by atoms with Crippen LogP contribution in [0.1, 0.15) is 34.2 Å². The van der Waals surface area contributed by atoms with Crippen LogP contribution in [0.15, 0.2) is 41.2 Å². The maximum absolute atomic E-state index is 10.9. The number of likely N-dealkylation sites (tertiary alicyclic amines) is 1. The summed E-state index contributed by atoms with van der Waals surface area (Å²) >= 11 is 0. The van der Waals surface area contributed by atoms with Crippen LogP contribution in [0.25, 0.3) is 11.6 Å². The number of benzene rings is 1.